The third kappa shape index (κ3) is 6.66. The lowest BCUT2D eigenvalue weighted by atomic mass is 10.2. The molecule has 2 rings (SSSR count). The van der Waals surface area contributed by atoms with Crippen LogP contribution in [0.1, 0.15) is 19.4 Å². The number of methoxy groups -OCH3 is 1. The van der Waals surface area contributed by atoms with Crippen LogP contribution < -0.4 is 20.7 Å². The van der Waals surface area contributed by atoms with Gasteiger partial charge in [0.05, 0.1) is 24.2 Å². The molecule has 32 heavy (non-hydrogen) atoms. The molecule has 0 unspecified atom stereocenters. The Bertz CT molecular complexity index is 931. The predicted octanol–water partition coefficient (Wildman–Crippen LogP) is 3.89. The third-order valence-corrected chi connectivity index (χ3v) is 4.94. The molecule has 0 aromatic heterocycles. The molecule has 0 fully saturated rings. The van der Waals surface area contributed by atoms with Crippen LogP contribution in [-0.4, -0.2) is 50.2 Å². The molecule has 8 nitrogen and oxygen atoms in total. The highest BCUT2D eigenvalue weighted by atomic mass is 16.6. The normalized spacial score (nSPS) is 10.4. The number of nitrogens with one attached hydrogen (secondary N) is 1. The lowest BCUT2D eigenvalue weighted by Gasteiger charge is -2.30. The minimum absolute atomic E-state index is 0.0485. The summed E-state index contributed by atoms with van der Waals surface area (Å²) < 4.78 is 10.8. The van der Waals surface area contributed by atoms with Gasteiger partial charge >= 0.3 is 6.09 Å². The fourth-order valence-corrected chi connectivity index (χ4v) is 3.10. The maximum absolute atomic E-state index is 12.7. The maximum Gasteiger partial charge on any atom is 0.410 e. The number of amides is 2. The van der Waals surface area contributed by atoms with Gasteiger partial charge in [-0.3, -0.25) is 4.79 Å². The van der Waals surface area contributed by atoms with E-state index < -0.39 is 0 Å². The van der Waals surface area contributed by atoms with Crippen LogP contribution in [0.4, 0.5) is 21.9 Å². The number of rotatable bonds is 10. The van der Waals surface area contributed by atoms with Gasteiger partial charge in [-0.1, -0.05) is 36.9 Å². The van der Waals surface area contributed by atoms with E-state index in [-0.39, 0.29) is 24.6 Å². The molecule has 0 atom stereocenters. The van der Waals surface area contributed by atoms with Gasteiger partial charge in [0.25, 0.3) is 0 Å². The minimum atomic E-state index is -0.382. The van der Waals surface area contributed by atoms with Crippen LogP contribution in [0.25, 0.3) is 0 Å². The van der Waals surface area contributed by atoms with Crippen molar-refractivity contribution in [2.24, 2.45) is 0 Å². The molecule has 8 heteroatoms. The van der Waals surface area contributed by atoms with Crippen LogP contribution in [0.2, 0.25) is 0 Å². The molecule has 0 saturated heterocycles. The second-order valence-corrected chi connectivity index (χ2v) is 7.55. The molecule has 2 amide bonds. The van der Waals surface area contributed by atoms with Crippen molar-refractivity contribution in [3.63, 3.8) is 0 Å². The average molecular weight is 441 g/mol. The first kappa shape index (κ1) is 24.6. The molecule has 0 bridgehead atoms. The lowest BCUT2D eigenvalue weighted by Crippen LogP contribution is -2.42. The Labute approximate surface area is 189 Å². The van der Waals surface area contributed by atoms with E-state index in [1.165, 1.54) is 13.2 Å². The van der Waals surface area contributed by atoms with Gasteiger partial charge in [-0.2, -0.15) is 0 Å². The number of hydrogen-bond donors (Lipinski definition) is 2. The Hall–Kier alpha value is -3.68. The fourth-order valence-electron chi connectivity index (χ4n) is 3.10. The Morgan fingerprint density at radius 1 is 1.19 bits per heavy atom. The summed E-state index contributed by atoms with van der Waals surface area (Å²) in [6, 6.07) is 12.9. The van der Waals surface area contributed by atoms with E-state index >= 15 is 0 Å². The predicted molar refractivity (Wildman–Crippen MR) is 128 cm³/mol. The zero-order valence-electron chi connectivity index (χ0n) is 19.1. The highest BCUT2D eigenvalue weighted by Crippen LogP contribution is 2.35. The number of nitrogens with zero attached hydrogens (tertiary/aromatic N) is 2. The van der Waals surface area contributed by atoms with Gasteiger partial charge in [0.1, 0.15) is 12.4 Å². The van der Waals surface area contributed by atoms with Gasteiger partial charge in [-0.05, 0) is 31.6 Å². The highest BCUT2D eigenvalue weighted by molar-refractivity contribution is 6.02. The van der Waals surface area contributed by atoms with Crippen LogP contribution in [0.15, 0.2) is 55.1 Å². The topological polar surface area (TPSA) is 97.1 Å². The van der Waals surface area contributed by atoms with E-state index in [4.69, 9.17) is 15.2 Å². The zero-order valence-corrected chi connectivity index (χ0v) is 19.1. The van der Waals surface area contributed by atoms with E-state index in [0.29, 0.717) is 35.9 Å². The third-order valence-electron chi connectivity index (χ3n) is 4.94. The molecule has 0 heterocycles. The molecular formula is C24H32N4O4. The quantitative estimate of drug-likeness (QED) is 0.430. The van der Waals surface area contributed by atoms with E-state index in [1.54, 1.807) is 17.0 Å². The summed E-state index contributed by atoms with van der Waals surface area (Å²) in [6.45, 7) is 8.48. The van der Waals surface area contributed by atoms with Gasteiger partial charge in [0, 0.05) is 32.2 Å². The smallest absolute Gasteiger partial charge is 0.410 e. The SMILES string of the molecule is C=CC(=O)Nc1cc(N)c(OC)cc1N(C)CCN(C(=O)OCc1ccccc1)C(C)C. The number of likely N-dealkylation sites (N-methyl/N-ethyl adjacent to an activating group) is 1. The van der Waals surface area contributed by atoms with Crippen LogP contribution in [0.3, 0.4) is 0 Å². The van der Waals surface area contributed by atoms with Crippen molar-refractivity contribution >= 4 is 29.1 Å². The van der Waals surface area contributed by atoms with Crippen LogP contribution in [-0.2, 0) is 16.1 Å². The number of carbonyl (C=O) groups excluding carboxylic acids is 2. The average Bonchev–Trinajstić information content (AvgIpc) is 2.78. The van der Waals surface area contributed by atoms with Crippen LogP contribution in [0.5, 0.6) is 5.75 Å². The Kier molecular flexibility index (Phi) is 8.95. The van der Waals surface area contributed by atoms with Gasteiger partial charge in [-0.15, -0.1) is 0 Å². The standard InChI is InChI=1S/C24H32N4O4/c1-6-23(29)26-20-14-19(25)22(31-5)15-21(20)27(4)12-13-28(17(2)3)24(30)32-16-18-10-8-7-9-11-18/h6-11,14-15,17H,1,12-13,16,25H2,2-5H3,(H,26,29). The summed E-state index contributed by atoms with van der Waals surface area (Å²) in [5, 5.41) is 2.77. The lowest BCUT2D eigenvalue weighted by molar-refractivity contribution is -0.111. The Morgan fingerprint density at radius 3 is 2.47 bits per heavy atom. The van der Waals surface area contributed by atoms with Crippen LogP contribution in [0, 0.1) is 0 Å². The van der Waals surface area contributed by atoms with E-state index in [0.717, 1.165) is 5.56 Å². The molecule has 0 radical (unpaired) electrons. The summed E-state index contributed by atoms with van der Waals surface area (Å²) in [4.78, 5) is 28.1. The van der Waals surface area contributed by atoms with Gasteiger partial charge in [0.2, 0.25) is 5.91 Å². The number of ether oxygens (including phenoxy) is 2. The monoisotopic (exact) mass is 440 g/mol. The Balaban J connectivity index is 2.11. The number of carbonyl (C=O) groups is 2. The van der Waals surface area contributed by atoms with E-state index in [9.17, 15) is 9.59 Å². The summed E-state index contributed by atoms with van der Waals surface area (Å²) >= 11 is 0. The molecule has 0 aliphatic heterocycles. The maximum atomic E-state index is 12.7. The van der Waals surface area contributed by atoms with Crippen molar-refractivity contribution in [1.82, 2.24) is 4.90 Å². The number of nitrogens with two attached hydrogens (primary N) is 1. The zero-order chi connectivity index (χ0) is 23.7. The molecule has 172 valence electrons. The molecule has 2 aromatic rings. The van der Waals surface area contributed by atoms with Gasteiger partial charge < -0.3 is 30.3 Å². The van der Waals surface area contributed by atoms with E-state index in [1.807, 2.05) is 56.1 Å². The van der Waals surface area contributed by atoms with Gasteiger partial charge in [0.15, 0.2) is 0 Å². The number of anilines is 3. The van der Waals surface area contributed by atoms with Crippen molar-refractivity contribution in [3.05, 3.63) is 60.7 Å². The van der Waals surface area contributed by atoms with Crippen molar-refractivity contribution in [2.75, 3.05) is 43.2 Å². The number of nitrogen functional groups attached to an aromatic ring is 1. The van der Waals surface area contributed by atoms with Crippen molar-refractivity contribution in [1.29, 1.82) is 0 Å². The summed E-state index contributed by atoms with van der Waals surface area (Å²) in [5.41, 5.74) is 8.57. The Morgan fingerprint density at radius 2 is 1.88 bits per heavy atom. The van der Waals surface area contributed by atoms with Gasteiger partial charge in [-0.25, -0.2) is 4.79 Å². The molecule has 0 saturated carbocycles. The number of benzene rings is 2. The minimum Gasteiger partial charge on any atom is -0.495 e. The van der Waals surface area contributed by atoms with Crippen molar-refractivity contribution < 1.29 is 19.1 Å². The van der Waals surface area contributed by atoms with Crippen molar-refractivity contribution in [2.45, 2.75) is 26.5 Å². The second kappa shape index (κ2) is 11.6. The summed E-state index contributed by atoms with van der Waals surface area (Å²) in [5.74, 6) is 0.143. The summed E-state index contributed by atoms with van der Waals surface area (Å²) in [6.07, 6.45) is 0.806. The van der Waals surface area contributed by atoms with Crippen molar-refractivity contribution in [3.8, 4) is 5.75 Å². The van der Waals surface area contributed by atoms with E-state index in [2.05, 4.69) is 11.9 Å². The second-order valence-electron chi connectivity index (χ2n) is 7.55. The molecule has 2 aromatic carbocycles. The first-order valence-corrected chi connectivity index (χ1v) is 10.4. The first-order valence-electron chi connectivity index (χ1n) is 10.4. The van der Waals surface area contributed by atoms with Crippen LogP contribution >= 0.6 is 0 Å². The highest BCUT2D eigenvalue weighted by Gasteiger charge is 2.20. The molecule has 0 aliphatic rings. The fraction of sp³-hybridized carbons (Fsp3) is 0.333. The molecule has 0 spiro atoms. The largest absolute Gasteiger partial charge is 0.495 e. The molecule has 3 N–H and O–H groups in total. The first-order chi connectivity index (χ1) is 15.3. The number of hydrogen-bond acceptors (Lipinski definition) is 6. The molecule has 0 aliphatic carbocycles. The summed E-state index contributed by atoms with van der Waals surface area (Å²) in [7, 11) is 3.39. The molecular weight excluding hydrogens is 408 g/mol.